The van der Waals surface area contributed by atoms with Crippen LogP contribution in [-0.2, 0) is 9.59 Å². The molecule has 3 nitrogen and oxygen atoms in total. The van der Waals surface area contributed by atoms with Crippen molar-refractivity contribution in [3.63, 3.8) is 0 Å². The monoisotopic (exact) mass is 235 g/mol. The number of carbonyl (C=O) groups is 2. The zero-order valence-corrected chi connectivity index (χ0v) is 9.71. The molecule has 0 aromatic heterocycles. The number of nitrogens with zero attached hydrogens (tertiary/aromatic N) is 1. The van der Waals surface area contributed by atoms with Crippen LogP contribution in [0.15, 0.2) is 29.8 Å². The molecule has 0 spiro atoms. The fourth-order valence-electron chi connectivity index (χ4n) is 1.61. The smallest absolute Gasteiger partial charge is 0.261 e. The molecule has 4 heteroatoms. The number of carbonyl (C=O) groups excluding carboxylic acids is 2. The Balaban J connectivity index is 2.50. The van der Waals surface area contributed by atoms with E-state index in [0.717, 1.165) is 10.5 Å². The van der Waals surface area contributed by atoms with Crippen molar-refractivity contribution in [2.75, 3.05) is 4.90 Å². The van der Waals surface area contributed by atoms with Crippen molar-refractivity contribution >= 4 is 29.1 Å². The summed E-state index contributed by atoms with van der Waals surface area (Å²) in [6.45, 7) is 3.50. The molecule has 1 aliphatic heterocycles. The van der Waals surface area contributed by atoms with Crippen LogP contribution in [0, 0.1) is 6.92 Å². The summed E-state index contributed by atoms with van der Waals surface area (Å²) in [7, 11) is 0. The van der Waals surface area contributed by atoms with Gasteiger partial charge in [-0.15, -0.1) is 0 Å². The van der Waals surface area contributed by atoms with E-state index in [1.807, 2.05) is 13.0 Å². The van der Waals surface area contributed by atoms with Gasteiger partial charge in [0.25, 0.3) is 11.8 Å². The van der Waals surface area contributed by atoms with Gasteiger partial charge in [0, 0.05) is 11.6 Å². The lowest BCUT2D eigenvalue weighted by Gasteiger charge is -2.16. The van der Waals surface area contributed by atoms with Crippen LogP contribution in [0.3, 0.4) is 0 Å². The zero-order chi connectivity index (χ0) is 11.9. The van der Waals surface area contributed by atoms with Gasteiger partial charge in [0.2, 0.25) is 0 Å². The molecule has 2 amide bonds. The number of rotatable bonds is 1. The fraction of sp³-hybridized carbons (Fsp3) is 0.167. The minimum absolute atomic E-state index is 0.308. The Labute approximate surface area is 98.3 Å². The highest BCUT2D eigenvalue weighted by molar-refractivity contribution is 6.38. The first-order chi connectivity index (χ1) is 7.50. The van der Waals surface area contributed by atoms with Crippen LogP contribution in [0.2, 0.25) is 5.02 Å². The van der Waals surface area contributed by atoms with E-state index in [4.69, 9.17) is 11.6 Å². The number of benzene rings is 1. The third-order valence-corrected chi connectivity index (χ3v) is 2.76. The molecule has 0 atom stereocenters. The van der Waals surface area contributed by atoms with Crippen molar-refractivity contribution in [1.29, 1.82) is 0 Å². The Morgan fingerprint density at radius 1 is 1.19 bits per heavy atom. The van der Waals surface area contributed by atoms with Crippen LogP contribution in [0.4, 0.5) is 5.69 Å². The van der Waals surface area contributed by atoms with E-state index in [1.165, 1.54) is 6.08 Å². The lowest BCUT2D eigenvalue weighted by atomic mass is 10.2. The SMILES string of the molecule is CC1=CC(=O)N(c2cc(C)ccc2Cl)C1=O. The fourth-order valence-corrected chi connectivity index (χ4v) is 1.81. The number of anilines is 1. The van der Waals surface area contributed by atoms with Gasteiger partial charge in [0.05, 0.1) is 10.7 Å². The normalized spacial score (nSPS) is 15.7. The average molecular weight is 236 g/mol. The van der Waals surface area contributed by atoms with Crippen LogP contribution in [0.1, 0.15) is 12.5 Å². The second-order valence-electron chi connectivity index (χ2n) is 3.76. The van der Waals surface area contributed by atoms with E-state index in [0.29, 0.717) is 16.3 Å². The Bertz CT molecular complexity index is 520. The van der Waals surface area contributed by atoms with Gasteiger partial charge < -0.3 is 0 Å². The van der Waals surface area contributed by atoms with Gasteiger partial charge in [-0.3, -0.25) is 9.59 Å². The van der Waals surface area contributed by atoms with Crippen LogP contribution < -0.4 is 4.90 Å². The predicted octanol–water partition coefficient (Wildman–Crippen LogP) is 2.47. The van der Waals surface area contributed by atoms with Crippen molar-refractivity contribution in [3.05, 3.63) is 40.4 Å². The van der Waals surface area contributed by atoms with Gasteiger partial charge in [-0.25, -0.2) is 4.90 Å². The molecule has 0 saturated carbocycles. The Hall–Kier alpha value is -1.61. The quantitative estimate of drug-likeness (QED) is 0.702. The van der Waals surface area contributed by atoms with E-state index < -0.39 is 0 Å². The van der Waals surface area contributed by atoms with E-state index in [-0.39, 0.29) is 11.8 Å². The lowest BCUT2D eigenvalue weighted by Crippen LogP contribution is -2.30. The molecule has 16 heavy (non-hydrogen) atoms. The molecular formula is C12H10ClNO2. The molecule has 0 bridgehead atoms. The molecule has 0 radical (unpaired) electrons. The van der Waals surface area contributed by atoms with Crippen molar-refractivity contribution in [3.8, 4) is 0 Å². The first-order valence-electron chi connectivity index (χ1n) is 4.83. The topological polar surface area (TPSA) is 37.4 Å². The van der Waals surface area contributed by atoms with Crippen molar-refractivity contribution in [2.24, 2.45) is 0 Å². The number of imide groups is 1. The largest absolute Gasteiger partial charge is 0.269 e. The Kier molecular flexibility index (Phi) is 2.56. The van der Waals surface area contributed by atoms with Gasteiger partial charge in [0.1, 0.15) is 0 Å². The van der Waals surface area contributed by atoms with Gasteiger partial charge >= 0.3 is 0 Å². The van der Waals surface area contributed by atoms with E-state index in [1.54, 1.807) is 19.1 Å². The molecule has 82 valence electrons. The predicted molar refractivity (Wildman–Crippen MR) is 62.4 cm³/mol. The summed E-state index contributed by atoms with van der Waals surface area (Å²) in [6.07, 6.45) is 1.32. The molecule has 0 N–H and O–H groups in total. The third-order valence-electron chi connectivity index (χ3n) is 2.44. The summed E-state index contributed by atoms with van der Waals surface area (Å²) in [5, 5.41) is 0.399. The highest BCUT2D eigenvalue weighted by atomic mass is 35.5. The van der Waals surface area contributed by atoms with E-state index >= 15 is 0 Å². The van der Waals surface area contributed by atoms with Crippen molar-refractivity contribution < 1.29 is 9.59 Å². The van der Waals surface area contributed by atoms with Gasteiger partial charge in [-0.05, 0) is 31.5 Å². The highest BCUT2D eigenvalue weighted by Gasteiger charge is 2.31. The van der Waals surface area contributed by atoms with Gasteiger partial charge in [0.15, 0.2) is 0 Å². The second kappa shape index (κ2) is 3.76. The summed E-state index contributed by atoms with van der Waals surface area (Å²) < 4.78 is 0. The molecule has 1 aromatic carbocycles. The molecule has 0 unspecified atom stereocenters. The molecule has 0 saturated heterocycles. The summed E-state index contributed by atoms with van der Waals surface area (Å²) in [5.74, 6) is -0.646. The third kappa shape index (κ3) is 1.63. The van der Waals surface area contributed by atoms with Crippen molar-refractivity contribution in [1.82, 2.24) is 0 Å². The van der Waals surface area contributed by atoms with Crippen LogP contribution in [0.5, 0.6) is 0 Å². The van der Waals surface area contributed by atoms with Crippen LogP contribution in [0.25, 0.3) is 0 Å². The van der Waals surface area contributed by atoms with E-state index in [9.17, 15) is 9.59 Å². The zero-order valence-electron chi connectivity index (χ0n) is 8.95. The standard InChI is InChI=1S/C12H10ClNO2/c1-7-3-4-9(13)10(5-7)14-11(15)6-8(2)12(14)16/h3-6H,1-2H3. The Morgan fingerprint density at radius 3 is 2.44 bits per heavy atom. The summed E-state index contributed by atoms with van der Waals surface area (Å²) >= 11 is 5.99. The minimum Gasteiger partial charge on any atom is -0.269 e. The summed E-state index contributed by atoms with van der Waals surface area (Å²) in [4.78, 5) is 24.5. The summed E-state index contributed by atoms with van der Waals surface area (Å²) in [6, 6.07) is 5.24. The number of amides is 2. The molecule has 2 rings (SSSR count). The molecule has 1 heterocycles. The second-order valence-corrected chi connectivity index (χ2v) is 4.17. The van der Waals surface area contributed by atoms with Crippen LogP contribution >= 0.6 is 11.6 Å². The molecule has 0 aliphatic carbocycles. The maximum absolute atomic E-state index is 11.8. The first-order valence-corrected chi connectivity index (χ1v) is 5.21. The maximum atomic E-state index is 11.8. The summed E-state index contributed by atoms with van der Waals surface area (Å²) in [5.41, 5.74) is 1.83. The van der Waals surface area contributed by atoms with Crippen molar-refractivity contribution in [2.45, 2.75) is 13.8 Å². The number of hydrogen-bond acceptors (Lipinski definition) is 2. The first kappa shape index (κ1) is 10.9. The number of aryl methyl sites for hydroxylation is 1. The lowest BCUT2D eigenvalue weighted by molar-refractivity contribution is -0.120. The molecule has 1 aromatic rings. The Morgan fingerprint density at radius 2 is 1.88 bits per heavy atom. The molecular weight excluding hydrogens is 226 g/mol. The maximum Gasteiger partial charge on any atom is 0.261 e. The molecule has 0 fully saturated rings. The molecule has 1 aliphatic rings. The number of halogens is 1. The minimum atomic E-state index is -0.338. The highest BCUT2D eigenvalue weighted by Crippen LogP contribution is 2.30. The number of hydrogen-bond donors (Lipinski definition) is 0. The van der Waals surface area contributed by atoms with E-state index in [2.05, 4.69) is 0 Å². The average Bonchev–Trinajstić information content (AvgIpc) is 2.46. The van der Waals surface area contributed by atoms with Gasteiger partial charge in [-0.1, -0.05) is 17.7 Å². The van der Waals surface area contributed by atoms with Gasteiger partial charge in [-0.2, -0.15) is 0 Å². The van der Waals surface area contributed by atoms with Crippen LogP contribution in [-0.4, -0.2) is 11.8 Å².